The van der Waals surface area contributed by atoms with Crippen LogP contribution in [0.15, 0.2) is 48.7 Å². The van der Waals surface area contributed by atoms with E-state index >= 15 is 0 Å². The second-order valence-electron chi connectivity index (χ2n) is 5.45. The number of anilines is 1. The maximum absolute atomic E-state index is 12.1. The third-order valence-corrected chi connectivity index (χ3v) is 3.69. The van der Waals surface area contributed by atoms with Crippen LogP contribution in [0.5, 0.6) is 0 Å². The van der Waals surface area contributed by atoms with Gasteiger partial charge in [-0.15, -0.1) is 0 Å². The number of carbonyl (C=O) groups excluding carboxylic acids is 1. The zero-order valence-corrected chi connectivity index (χ0v) is 13.6. The van der Waals surface area contributed by atoms with Gasteiger partial charge in [-0.25, -0.2) is 9.78 Å². The number of benzene rings is 1. The number of nitrogens with zero attached hydrogens (tertiary/aromatic N) is 2. The highest BCUT2D eigenvalue weighted by Crippen LogP contribution is 2.19. The number of nitrogens with one attached hydrogen (secondary N) is 3. The molecule has 3 rings (SSSR count). The lowest BCUT2D eigenvalue weighted by Crippen LogP contribution is -2.31. The summed E-state index contributed by atoms with van der Waals surface area (Å²) in [4.78, 5) is 16.4. The first-order valence-corrected chi connectivity index (χ1v) is 7.76. The molecule has 6 heteroatoms. The molecule has 0 saturated carbocycles. The van der Waals surface area contributed by atoms with Gasteiger partial charge < -0.3 is 5.32 Å². The zero-order valence-electron chi connectivity index (χ0n) is 13.6. The smallest absolute Gasteiger partial charge is 0.320 e. The minimum atomic E-state index is -0.300. The van der Waals surface area contributed by atoms with Crippen LogP contribution in [0.25, 0.3) is 17.0 Å². The van der Waals surface area contributed by atoms with Gasteiger partial charge in [0.15, 0.2) is 0 Å². The zero-order chi connectivity index (χ0) is 16.9. The molecule has 2 amide bonds. The lowest BCUT2D eigenvalue weighted by atomic mass is 10.1. The number of aromatic nitrogens is 3. The van der Waals surface area contributed by atoms with Crippen LogP contribution in [0.1, 0.15) is 31.1 Å². The average Bonchev–Trinajstić information content (AvgIpc) is 2.98. The van der Waals surface area contributed by atoms with Crippen molar-refractivity contribution in [1.82, 2.24) is 20.5 Å². The average molecular weight is 321 g/mol. The molecule has 0 saturated heterocycles. The molecular weight excluding hydrogens is 302 g/mol. The summed E-state index contributed by atoms with van der Waals surface area (Å²) in [5.74, 6) is 0.468. The van der Waals surface area contributed by atoms with Gasteiger partial charge in [0.25, 0.3) is 0 Å². The maximum Gasteiger partial charge on any atom is 0.320 e. The Hall–Kier alpha value is -3.15. The third kappa shape index (κ3) is 3.43. The number of fused-ring (bicyclic) bond motifs is 1. The molecule has 1 aromatic carbocycles. The summed E-state index contributed by atoms with van der Waals surface area (Å²) >= 11 is 0. The Balaban J connectivity index is 1.69. The highest BCUT2D eigenvalue weighted by molar-refractivity contribution is 5.92. The number of rotatable bonds is 4. The van der Waals surface area contributed by atoms with Crippen molar-refractivity contribution in [2.24, 2.45) is 0 Å². The van der Waals surface area contributed by atoms with E-state index < -0.39 is 0 Å². The van der Waals surface area contributed by atoms with Crippen molar-refractivity contribution in [1.29, 1.82) is 0 Å². The molecule has 0 unspecified atom stereocenters. The summed E-state index contributed by atoms with van der Waals surface area (Å²) in [5, 5.41) is 13.7. The number of aromatic amines is 1. The van der Waals surface area contributed by atoms with E-state index in [0.717, 1.165) is 22.2 Å². The molecule has 3 aromatic rings. The Morgan fingerprint density at radius 1 is 1.29 bits per heavy atom. The number of urea groups is 1. The van der Waals surface area contributed by atoms with Crippen molar-refractivity contribution < 1.29 is 4.79 Å². The van der Waals surface area contributed by atoms with Crippen molar-refractivity contribution in [3.8, 4) is 0 Å². The fourth-order valence-corrected chi connectivity index (χ4v) is 2.46. The van der Waals surface area contributed by atoms with E-state index in [-0.39, 0.29) is 12.1 Å². The summed E-state index contributed by atoms with van der Waals surface area (Å²) in [6.45, 7) is 3.87. The standard InChI is InChI=1S/C18H19N5O/c1-3-7-15-14-11-19-17(10-16(14)23-22-15)21-18(24)20-12(2)13-8-5-4-6-9-13/h3-12H,1-2H3,(H,22,23)(H2,19,20,21,24)/b7-3+/t12-/m1/s1. The van der Waals surface area contributed by atoms with Gasteiger partial charge in [0.05, 0.1) is 17.3 Å². The summed E-state index contributed by atoms with van der Waals surface area (Å²) < 4.78 is 0. The molecule has 0 aliphatic carbocycles. The molecule has 0 aliphatic heterocycles. The second-order valence-corrected chi connectivity index (χ2v) is 5.45. The van der Waals surface area contributed by atoms with Gasteiger partial charge >= 0.3 is 6.03 Å². The largest absolute Gasteiger partial charge is 0.331 e. The van der Waals surface area contributed by atoms with E-state index in [1.807, 2.05) is 56.3 Å². The Morgan fingerprint density at radius 3 is 2.83 bits per heavy atom. The first-order chi connectivity index (χ1) is 11.7. The van der Waals surface area contributed by atoms with Gasteiger partial charge in [-0.2, -0.15) is 5.10 Å². The van der Waals surface area contributed by atoms with Crippen molar-refractivity contribution >= 4 is 28.8 Å². The van der Waals surface area contributed by atoms with Gasteiger partial charge in [0.1, 0.15) is 5.82 Å². The molecule has 0 spiro atoms. The lowest BCUT2D eigenvalue weighted by molar-refractivity contribution is 0.249. The van der Waals surface area contributed by atoms with E-state index in [1.165, 1.54) is 0 Å². The van der Waals surface area contributed by atoms with Crippen molar-refractivity contribution in [3.05, 3.63) is 59.9 Å². The SMILES string of the molecule is C/C=C/c1n[nH]c2cc(NC(=O)N[C@H](C)c3ccccc3)ncc12. The monoisotopic (exact) mass is 321 g/mol. The topological polar surface area (TPSA) is 82.7 Å². The number of pyridine rings is 1. The van der Waals surface area contributed by atoms with E-state index in [4.69, 9.17) is 0 Å². The van der Waals surface area contributed by atoms with Gasteiger partial charge in [0, 0.05) is 17.6 Å². The molecule has 6 nitrogen and oxygen atoms in total. The van der Waals surface area contributed by atoms with Crippen LogP contribution in [0.4, 0.5) is 10.6 Å². The van der Waals surface area contributed by atoms with Gasteiger partial charge in [-0.05, 0) is 25.5 Å². The van der Waals surface area contributed by atoms with Crippen LogP contribution >= 0.6 is 0 Å². The predicted molar refractivity (Wildman–Crippen MR) is 95.6 cm³/mol. The molecule has 0 aliphatic rings. The van der Waals surface area contributed by atoms with E-state index in [1.54, 1.807) is 12.3 Å². The van der Waals surface area contributed by atoms with Crippen molar-refractivity contribution in [3.63, 3.8) is 0 Å². The van der Waals surface area contributed by atoms with E-state index in [0.29, 0.717) is 5.82 Å². The molecule has 122 valence electrons. The predicted octanol–water partition coefficient (Wildman–Crippen LogP) is 3.87. The fourth-order valence-electron chi connectivity index (χ4n) is 2.46. The van der Waals surface area contributed by atoms with Gasteiger partial charge in [0.2, 0.25) is 0 Å². The molecule has 0 radical (unpaired) electrons. The van der Waals surface area contributed by atoms with Gasteiger partial charge in [-0.1, -0.05) is 36.4 Å². The van der Waals surface area contributed by atoms with Crippen LogP contribution in [0, 0.1) is 0 Å². The first-order valence-electron chi connectivity index (χ1n) is 7.76. The van der Waals surface area contributed by atoms with Gasteiger partial charge in [-0.3, -0.25) is 10.4 Å². The summed E-state index contributed by atoms with van der Waals surface area (Å²) in [5.41, 5.74) is 2.69. The Labute approximate surface area is 140 Å². The lowest BCUT2D eigenvalue weighted by Gasteiger charge is -2.14. The van der Waals surface area contributed by atoms with Crippen LogP contribution < -0.4 is 10.6 Å². The number of amides is 2. The highest BCUT2D eigenvalue weighted by atomic mass is 16.2. The first kappa shape index (κ1) is 15.7. The Bertz CT molecular complexity index is 870. The molecule has 0 bridgehead atoms. The minimum Gasteiger partial charge on any atom is -0.331 e. The molecule has 1 atom stereocenters. The molecular formula is C18H19N5O. The van der Waals surface area contributed by atoms with Crippen LogP contribution in [-0.4, -0.2) is 21.2 Å². The fraction of sp³-hybridized carbons (Fsp3) is 0.167. The number of allylic oxidation sites excluding steroid dienone is 1. The normalized spacial score (nSPS) is 12.4. The van der Waals surface area contributed by atoms with Crippen molar-refractivity contribution in [2.45, 2.75) is 19.9 Å². The molecule has 24 heavy (non-hydrogen) atoms. The van der Waals surface area contributed by atoms with Crippen LogP contribution in [0.2, 0.25) is 0 Å². The van der Waals surface area contributed by atoms with E-state index in [2.05, 4.69) is 25.8 Å². The summed E-state index contributed by atoms with van der Waals surface area (Å²) in [6.07, 6.45) is 5.52. The van der Waals surface area contributed by atoms with Crippen molar-refractivity contribution in [2.75, 3.05) is 5.32 Å². The molecule has 2 aromatic heterocycles. The maximum atomic E-state index is 12.1. The third-order valence-electron chi connectivity index (χ3n) is 3.69. The van der Waals surface area contributed by atoms with Crippen LogP contribution in [-0.2, 0) is 0 Å². The highest BCUT2D eigenvalue weighted by Gasteiger charge is 2.11. The Kier molecular flexibility index (Phi) is 4.56. The quantitative estimate of drug-likeness (QED) is 0.682. The molecule has 2 heterocycles. The number of carbonyl (C=O) groups is 1. The molecule has 3 N–H and O–H groups in total. The number of hydrogen-bond acceptors (Lipinski definition) is 3. The summed E-state index contributed by atoms with van der Waals surface area (Å²) in [6, 6.07) is 11.2. The Morgan fingerprint density at radius 2 is 2.08 bits per heavy atom. The van der Waals surface area contributed by atoms with Crippen LogP contribution in [0.3, 0.4) is 0 Å². The van der Waals surface area contributed by atoms with E-state index in [9.17, 15) is 4.79 Å². The number of H-pyrrole nitrogens is 1. The molecule has 0 fully saturated rings. The summed E-state index contributed by atoms with van der Waals surface area (Å²) in [7, 11) is 0. The minimum absolute atomic E-state index is 0.0941. The number of hydrogen-bond donors (Lipinski definition) is 3. The second kappa shape index (κ2) is 6.95.